The van der Waals surface area contributed by atoms with Crippen molar-refractivity contribution in [2.75, 3.05) is 31.7 Å². The van der Waals surface area contributed by atoms with Crippen molar-refractivity contribution >= 4 is 22.3 Å². The summed E-state index contributed by atoms with van der Waals surface area (Å²) in [6.45, 7) is 4.20. The smallest absolute Gasteiger partial charge is 0.170 e. The molecular formula is C16H21N3O2. The van der Waals surface area contributed by atoms with Gasteiger partial charge in [-0.05, 0) is 24.4 Å². The monoisotopic (exact) mass is 287 g/mol. The van der Waals surface area contributed by atoms with Crippen molar-refractivity contribution < 1.29 is 9.94 Å². The highest BCUT2D eigenvalue weighted by Crippen LogP contribution is 2.28. The number of amidine groups is 1. The van der Waals surface area contributed by atoms with Gasteiger partial charge in [0, 0.05) is 36.8 Å². The summed E-state index contributed by atoms with van der Waals surface area (Å²) in [5.74, 6) is 0.120. The quantitative estimate of drug-likeness (QED) is 0.281. The Kier molecular flexibility index (Phi) is 5.00. The number of nitrogens with two attached hydrogens (primary N) is 1. The van der Waals surface area contributed by atoms with Crippen LogP contribution in [0.2, 0.25) is 0 Å². The third kappa shape index (κ3) is 3.25. The van der Waals surface area contributed by atoms with Crippen molar-refractivity contribution in [2.45, 2.75) is 6.92 Å². The minimum Gasteiger partial charge on any atom is -0.409 e. The Morgan fingerprint density at radius 1 is 1.24 bits per heavy atom. The van der Waals surface area contributed by atoms with Gasteiger partial charge >= 0.3 is 0 Å². The molecule has 0 saturated heterocycles. The van der Waals surface area contributed by atoms with E-state index in [-0.39, 0.29) is 5.84 Å². The van der Waals surface area contributed by atoms with Gasteiger partial charge in [-0.2, -0.15) is 0 Å². The fraction of sp³-hybridized carbons (Fsp3) is 0.312. The fourth-order valence-corrected chi connectivity index (χ4v) is 2.36. The highest BCUT2D eigenvalue weighted by molar-refractivity contribution is 6.11. The maximum absolute atomic E-state index is 8.91. The molecule has 0 saturated carbocycles. The van der Waals surface area contributed by atoms with Crippen molar-refractivity contribution in [1.82, 2.24) is 0 Å². The third-order valence-electron chi connectivity index (χ3n) is 3.47. The Hall–Kier alpha value is -2.27. The molecular weight excluding hydrogens is 266 g/mol. The minimum absolute atomic E-state index is 0.120. The molecule has 0 atom stereocenters. The first-order valence-corrected chi connectivity index (χ1v) is 6.97. The Bertz CT molecular complexity index is 640. The Balaban J connectivity index is 2.43. The van der Waals surface area contributed by atoms with Gasteiger partial charge in [0.2, 0.25) is 0 Å². The van der Waals surface area contributed by atoms with E-state index in [4.69, 9.17) is 15.7 Å². The zero-order valence-electron chi connectivity index (χ0n) is 12.4. The summed E-state index contributed by atoms with van der Waals surface area (Å²) in [5, 5.41) is 14.0. The van der Waals surface area contributed by atoms with E-state index in [1.165, 1.54) is 0 Å². The molecule has 21 heavy (non-hydrogen) atoms. The van der Waals surface area contributed by atoms with Gasteiger partial charge in [-0.3, -0.25) is 0 Å². The number of hydrogen-bond acceptors (Lipinski definition) is 4. The summed E-state index contributed by atoms with van der Waals surface area (Å²) in [5.41, 5.74) is 7.58. The molecule has 2 aromatic carbocycles. The van der Waals surface area contributed by atoms with Crippen LogP contribution < -0.4 is 10.6 Å². The molecule has 0 heterocycles. The Morgan fingerprint density at radius 3 is 2.62 bits per heavy atom. The average molecular weight is 287 g/mol. The first kappa shape index (κ1) is 15.1. The van der Waals surface area contributed by atoms with Crippen molar-refractivity contribution in [3.05, 3.63) is 42.0 Å². The lowest BCUT2D eigenvalue weighted by Gasteiger charge is -2.22. The zero-order valence-corrected chi connectivity index (χ0v) is 12.4. The molecule has 3 N–H and O–H groups in total. The van der Waals surface area contributed by atoms with E-state index in [9.17, 15) is 0 Å². The largest absolute Gasteiger partial charge is 0.409 e. The topological polar surface area (TPSA) is 71.1 Å². The standard InChI is InChI=1S/C16H21N3O2/c1-3-21-11-10-19(2)15-9-8-14(16(17)18-20)12-6-4-5-7-13(12)15/h4-9,20H,3,10-11H2,1-2H3,(H2,17,18). The van der Waals surface area contributed by atoms with Crippen molar-refractivity contribution in [2.24, 2.45) is 10.9 Å². The number of ether oxygens (including phenoxy) is 1. The lowest BCUT2D eigenvalue weighted by atomic mass is 10.0. The van der Waals surface area contributed by atoms with Crippen LogP contribution in [0.15, 0.2) is 41.6 Å². The summed E-state index contributed by atoms with van der Waals surface area (Å²) >= 11 is 0. The molecule has 5 heteroatoms. The molecule has 0 amide bonds. The number of anilines is 1. The average Bonchev–Trinajstić information content (AvgIpc) is 2.53. The molecule has 0 unspecified atom stereocenters. The maximum Gasteiger partial charge on any atom is 0.170 e. The molecule has 112 valence electrons. The van der Waals surface area contributed by atoms with Crippen LogP contribution in [0.4, 0.5) is 5.69 Å². The van der Waals surface area contributed by atoms with Crippen LogP contribution in [0.1, 0.15) is 12.5 Å². The molecule has 0 aromatic heterocycles. The first-order valence-electron chi connectivity index (χ1n) is 6.97. The van der Waals surface area contributed by atoms with Crippen LogP contribution in [-0.4, -0.2) is 37.8 Å². The van der Waals surface area contributed by atoms with Gasteiger partial charge in [0.05, 0.1) is 6.61 Å². The van der Waals surface area contributed by atoms with E-state index in [1.54, 1.807) is 0 Å². The van der Waals surface area contributed by atoms with Crippen LogP contribution in [0.5, 0.6) is 0 Å². The lowest BCUT2D eigenvalue weighted by Crippen LogP contribution is -2.23. The normalized spacial score (nSPS) is 11.8. The van der Waals surface area contributed by atoms with E-state index in [1.807, 2.05) is 50.4 Å². The van der Waals surface area contributed by atoms with Gasteiger partial charge in [-0.25, -0.2) is 0 Å². The van der Waals surface area contributed by atoms with Crippen LogP contribution in [0, 0.1) is 0 Å². The van der Waals surface area contributed by atoms with E-state index in [0.29, 0.717) is 6.61 Å². The molecule has 0 aliphatic heterocycles. The van der Waals surface area contributed by atoms with E-state index in [0.717, 1.165) is 35.2 Å². The van der Waals surface area contributed by atoms with Crippen molar-refractivity contribution in [3.8, 4) is 0 Å². The van der Waals surface area contributed by atoms with Crippen molar-refractivity contribution in [1.29, 1.82) is 0 Å². The second-order valence-electron chi connectivity index (χ2n) is 4.78. The second-order valence-corrected chi connectivity index (χ2v) is 4.78. The molecule has 0 bridgehead atoms. The predicted molar refractivity (Wildman–Crippen MR) is 86.2 cm³/mol. The molecule has 0 fully saturated rings. The minimum atomic E-state index is 0.120. The second kappa shape index (κ2) is 6.95. The first-order chi connectivity index (χ1) is 10.2. The number of benzene rings is 2. The molecule has 2 rings (SSSR count). The molecule has 0 spiro atoms. The van der Waals surface area contributed by atoms with Crippen LogP contribution >= 0.6 is 0 Å². The van der Waals surface area contributed by atoms with Gasteiger partial charge in [0.15, 0.2) is 5.84 Å². The van der Waals surface area contributed by atoms with Crippen LogP contribution in [-0.2, 0) is 4.74 Å². The molecule has 0 radical (unpaired) electrons. The van der Waals surface area contributed by atoms with E-state index < -0.39 is 0 Å². The fourth-order valence-electron chi connectivity index (χ4n) is 2.36. The highest BCUT2D eigenvalue weighted by atomic mass is 16.5. The zero-order chi connectivity index (χ0) is 15.2. The summed E-state index contributed by atoms with van der Waals surface area (Å²) in [7, 11) is 2.03. The number of hydrogen-bond donors (Lipinski definition) is 2. The molecule has 2 aromatic rings. The molecule has 0 aliphatic carbocycles. The van der Waals surface area contributed by atoms with Gasteiger partial charge < -0.3 is 20.6 Å². The number of rotatable bonds is 6. The lowest BCUT2D eigenvalue weighted by molar-refractivity contribution is 0.154. The maximum atomic E-state index is 8.91. The number of fused-ring (bicyclic) bond motifs is 1. The number of nitrogens with zero attached hydrogens (tertiary/aromatic N) is 2. The van der Waals surface area contributed by atoms with Crippen LogP contribution in [0.3, 0.4) is 0 Å². The molecule has 0 aliphatic rings. The summed E-state index contributed by atoms with van der Waals surface area (Å²) in [6, 6.07) is 11.8. The van der Waals surface area contributed by atoms with Gasteiger partial charge in [-0.15, -0.1) is 0 Å². The summed E-state index contributed by atoms with van der Waals surface area (Å²) < 4.78 is 5.40. The predicted octanol–water partition coefficient (Wildman–Crippen LogP) is 2.41. The Labute approximate surface area is 124 Å². The third-order valence-corrected chi connectivity index (χ3v) is 3.47. The van der Waals surface area contributed by atoms with E-state index in [2.05, 4.69) is 10.1 Å². The van der Waals surface area contributed by atoms with Gasteiger partial charge in [0.1, 0.15) is 0 Å². The SMILES string of the molecule is CCOCCN(C)c1ccc(/C(N)=N/O)c2ccccc12. The molecule has 5 nitrogen and oxygen atoms in total. The van der Waals surface area contributed by atoms with Crippen molar-refractivity contribution in [3.63, 3.8) is 0 Å². The summed E-state index contributed by atoms with van der Waals surface area (Å²) in [4.78, 5) is 2.15. The number of oxime groups is 1. The summed E-state index contributed by atoms with van der Waals surface area (Å²) in [6.07, 6.45) is 0. The highest BCUT2D eigenvalue weighted by Gasteiger charge is 2.11. The van der Waals surface area contributed by atoms with Crippen LogP contribution in [0.25, 0.3) is 10.8 Å². The van der Waals surface area contributed by atoms with Gasteiger partial charge in [-0.1, -0.05) is 29.4 Å². The Morgan fingerprint density at radius 2 is 1.95 bits per heavy atom. The number of likely N-dealkylation sites (N-methyl/N-ethyl adjacent to an activating group) is 1. The van der Waals surface area contributed by atoms with E-state index >= 15 is 0 Å². The van der Waals surface area contributed by atoms with Gasteiger partial charge in [0.25, 0.3) is 0 Å².